The smallest absolute Gasteiger partial charge is 0.449 e. The Morgan fingerprint density at radius 1 is 1.46 bits per heavy atom. The molecular formula is C20H21ClN8O5S. The van der Waals surface area contributed by atoms with Crippen molar-refractivity contribution in [1.82, 2.24) is 30.0 Å². The fourth-order valence-corrected chi connectivity index (χ4v) is 4.97. The van der Waals surface area contributed by atoms with Gasteiger partial charge in [0.1, 0.15) is 23.7 Å². The number of aryl methyl sites for hydroxylation is 2. The number of amides is 1. The third kappa shape index (κ3) is 4.78. The SMILES string of the molecule is CO[C@H]1CN(c2nc(-c3ncnn3C)c(OC(=O)O)s2)CC[C@H]1NC(=O)c1[nH]c(C)c(Cl)c1C#N. The lowest BCUT2D eigenvalue weighted by Crippen LogP contribution is -2.55. The molecule has 35 heavy (non-hydrogen) atoms. The van der Waals surface area contributed by atoms with Crippen molar-refractivity contribution in [2.75, 3.05) is 25.1 Å². The second kappa shape index (κ2) is 9.90. The molecule has 0 bridgehead atoms. The van der Waals surface area contributed by atoms with E-state index in [1.165, 1.54) is 18.1 Å². The van der Waals surface area contributed by atoms with Crippen LogP contribution in [0.5, 0.6) is 5.06 Å². The van der Waals surface area contributed by atoms with E-state index in [0.29, 0.717) is 36.2 Å². The molecule has 1 amide bonds. The Morgan fingerprint density at radius 2 is 2.23 bits per heavy atom. The molecule has 4 heterocycles. The molecule has 0 aromatic carbocycles. The van der Waals surface area contributed by atoms with Crippen LogP contribution in [0.1, 0.15) is 28.2 Å². The molecule has 3 aromatic rings. The summed E-state index contributed by atoms with van der Waals surface area (Å²) >= 11 is 7.18. The van der Waals surface area contributed by atoms with E-state index in [1.807, 2.05) is 11.0 Å². The van der Waals surface area contributed by atoms with Crippen molar-refractivity contribution in [1.29, 1.82) is 5.26 Å². The molecule has 13 nitrogen and oxygen atoms in total. The van der Waals surface area contributed by atoms with Crippen molar-refractivity contribution in [2.24, 2.45) is 7.05 Å². The van der Waals surface area contributed by atoms with Crippen LogP contribution >= 0.6 is 22.9 Å². The fraction of sp³-hybridized carbons (Fsp3) is 0.400. The summed E-state index contributed by atoms with van der Waals surface area (Å²) in [7, 11) is 3.20. The summed E-state index contributed by atoms with van der Waals surface area (Å²) < 4.78 is 12.0. The number of hydrogen-bond acceptors (Lipinski definition) is 10. The first-order valence-electron chi connectivity index (χ1n) is 10.4. The van der Waals surface area contributed by atoms with Gasteiger partial charge in [-0.05, 0) is 13.3 Å². The van der Waals surface area contributed by atoms with Crippen molar-refractivity contribution in [3.05, 3.63) is 28.3 Å². The molecule has 4 rings (SSSR count). The summed E-state index contributed by atoms with van der Waals surface area (Å²) in [5.74, 6) is -0.0876. The number of H-pyrrole nitrogens is 1. The van der Waals surface area contributed by atoms with Crippen molar-refractivity contribution in [3.63, 3.8) is 0 Å². The van der Waals surface area contributed by atoms with Crippen molar-refractivity contribution < 1.29 is 24.2 Å². The number of carbonyl (C=O) groups is 2. The molecule has 0 spiro atoms. The standard InChI is InChI=1S/C20H21ClN8O5S/c1-9-13(21)10(6-22)14(25-9)17(30)26-11-4-5-29(7-12(11)33-3)19-27-15(16-23-8-24-28(16)2)18(35-19)34-20(31)32/h8,11-12,25H,4-5,7H2,1-3H3,(H,26,30)(H,31,32)/t11-,12+/m1/s1. The summed E-state index contributed by atoms with van der Waals surface area (Å²) in [4.78, 5) is 37.5. The van der Waals surface area contributed by atoms with Crippen LogP contribution in [-0.2, 0) is 11.8 Å². The molecule has 2 atom stereocenters. The third-order valence-corrected chi connectivity index (χ3v) is 7.05. The van der Waals surface area contributed by atoms with Gasteiger partial charge in [-0.15, -0.1) is 0 Å². The number of aromatic amines is 1. The number of nitrogens with zero attached hydrogens (tertiary/aromatic N) is 6. The average Bonchev–Trinajstić information content (AvgIpc) is 3.51. The van der Waals surface area contributed by atoms with Gasteiger partial charge in [0.2, 0.25) is 5.06 Å². The summed E-state index contributed by atoms with van der Waals surface area (Å²) in [6.45, 7) is 2.55. The van der Waals surface area contributed by atoms with Crippen LogP contribution in [0.2, 0.25) is 5.02 Å². The highest BCUT2D eigenvalue weighted by molar-refractivity contribution is 7.18. The van der Waals surface area contributed by atoms with Gasteiger partial charge in [-0.1, -0.05) is 22.9 Å². The molecule has 1 aliphatic rings. The van der Waals surface area contributed by atoms with E-state index in [1.54, 1.807) is 14.0 Å². The van der Waals surface area contributed by atoms with Crippen LogP contribution in [-0.4, -0.2) is 74.2 Å². The lowest BCUT2D eigenvalue weighted by molar-refractivity contribution is 0.0540. The van der Waals surface area contributed by atoms with E-state index in [2.05, 4.69) is 25.4 Å². The number of piperidine rings is 1. The van der Waals surface area contributed by atoms with Crippen LogP contribution in [0, 0.1) is 18.3 Å². The first-order valence-corrected chi connectivity index (χ1v) is 11.6. The van der Waals surface area contributed by atoms with Gasteiger partial charge in [0.15, 0.2) is 16.6 Å². The number of carbonyl (C=O) groups excluding carboxylic acids is 1. The highest BCUT2D eigenvalue weighted by Gasteiger charge is 2.34. The molecule has 1 aliphatic heterocycles. The van der Waals surface area contributed by atoms with Crippen LogP contribution < -0.4 is 15.0 Å². The maximum absolute atomic E-state index is 12.9. The number of hydrogen-bond donors (Lipinski definition) is 3. The van der Waals surface area contributed by atoms with Crippen molar-refractivity contribution >= 4 is 40.1 Å². The first-order chi connectivity index (χ1) is 16.7. The number of carboxylic acid groups (broad SMARTS) is 1. The zero-order valence-corrected chi connectivity index (χ0v) is 20.5. The van der Waals surface area contributed by atoms with E-state index >= 15 is 0 Å². The Morgan fingerprint density at radius 3 is 2.86 bits per heavy atom. The Kier molecular flexibility index (Phi) is 6.92. The number of aromatic nitrogens is 5. The normalized spacial score (nSPS) is 17.7. The van der Waals surface area contributed by atoms with E-state index in [-0.39, 0.29) is 33.1 Å². The zero-order chi connectivity index (χ0) is 25.3. The molecule has 15 heteroatoms. The molecule has 3 N–H and O–H groups in total. The molecule has 1 fully saturated rings. The summed E-state index contributed by atoms with van der Waals surface area (Å²) in [5, 5.41) is 26.2. The number of anilines is 1. The maximum Gasteiger partial charge on any atom is 0.512 e. The van der Waals surface area contributed by atoms with Crippen molar-refractivity contribution in [2.45, 2.75) is 25.5 Å². The minimum atomic E-state index is -1.46. The summed E-state index contributed by atoms with van der Waals surface area (Å²) in [5.41, 5.74) is 1.00. The van der Waals surface area contributed by atoms with Crippen LogP contribution in [0.25, 0.3) is 11.5 Å². The minimum Gasteiger partial charge on any atom is -0.449 e. The van der Waals surface area contributed by atoms with Gasteiger partial charge in [-0.25, -0.2) is 19.4 Å². The summed E-state index contributed by atoms with van der Waals surface area (Å²) in [6, 6.07) is 1.62. The van der Waals surface area contributed by atoms with E-state index in [9.17, 15) is 14.9 Å². The largest absolute Gasteiger partial charge is 0.512 e. The van der Waals surface area contributed by atoms with E-state index in [4.69, 9.17) is 26.2 Å². The Labute approximate surface area is 208 Å². The second-order valence-corrected chi connectivity index (χ2v) is 9.04. The number of nitriles is 1. The van der Waals surface area contributed by atoms with Gasteiger partial charge >= 0.3 is 6.16 Å². The second-order valence-electron chi connectivity index (χ2n) is 7.72. The van der Waals surface area contributed by atoms with Gasteiger partial charge in [0, 0.05) is 32.9 Å². The van der Waals surface area contributed by atoms with Crippen molar-refractivity contribution in [3.8, 4) is 22.7 Å². The Hall–Kier alpha value is -3.67. The highest BCUT2D eigenvalue weighted by atomic mass is 35.5. The van der Waals surface area contributed by atoms with E-state index in [0.717, 1.165) is 11.3 Å². The summed E-state index contributed by atoms with van der Waals surface area (Å²) in [6.07, 6.45) is -0.0232. The quantitative estimate of drug-likeness (QED) is 0.409. The monoisotopic (exact) mass is 520 g/mol. The number of thiazole rings is 1. The lowest BCUT2D eigenvalue weighted by atomic mass is 10.0. The zero-order valence-electron chi connectivity index (χ0n) is 18.9. The fourth-order valence-electron chi connectivity index (χ4n) is 3.84. The topological polar surface area (TPSA) is 171 Å². The van der Waals surface area contributed by atoms with Crippen LogP contribution in [0.4, 0.5) is 9.93 Å². The molecule has 0 aliphatic carbocycles. The third-order valence-electron chi connectivity index (χ3n) is 5.59. The predicted octanol–water partition coefficient (Wildman–Crippen LogP) is 2.18. The Bertz CT molecular complexity index is 1310. The Balaban J connectivity index is 1.53. The van der Waals surface area contributed by atoms with Gasteiger partial charge in [0.25, 0.3) is 5.91 Å². The van der Waals surface area contributed by atoms with Gasteiger partial charge in [0.05, 0.1) is 17.2 Å². The number of ether oxygens (including phenoxy) is 2. The average molecular weight is 521 g/mol. The molecule has 3 aromatic heterocycles. The number of halogens is 1. The molecular weight excluding hydrogens is 500 g/mol. The number of methoxy groups -OCH3 is 1. The van der Waals surface area contributed by atoms with Gasteiger partial charge in [-0.3, -0.25) is 4.79 Å². The van der Waals surface area contributed by atoms with Gasteiger partial charge < -0.3 is 29.8 Å². The lowest BCUT2D eigenvalue weighted by Gasteiger charge is -2.37. The molecule has 1 saturated heterocycles. The maximum atomic E-state index is 12.9. The highest BCUT2D eigenvalue weighted by Crippen LogP contribution is 2.39. The molecule has 184 valence electrons. The predicted molar refractivity (Wildman–Crippen MR) is 125 cm³/mol. The molecule has 0 unspecified atom stereocenters. The van der Waals surface area contributed by atoms with Crippen LogP contribution in [0.15, 0.2) is 6.33 Å². The number of rotatable bonds is 6. The molecule has 0 saturated carbocycles. The number of nitrogens with one attached hydrogen (secondary N) is 2. The first kappa shape index (κ1) is 24.5. The van der Waals surface area contributed by atoms with Crippen LogP contribution in [0.3, 0.4) is 0 Å². The molecule has 0 radical (unpaired) electrons. The van der Waals surface area contributed by atoms with E-state index < -0.39 is 18.2 Å². The minimum absolute atomic E-state index is 0.0796. The van der Waals surface area contributed by atoms with Gasteiger partial charge in [-0.2, -0.15) is 10.4 Å².